The number of hydrogen-bond acceptors (Lipinski definition) is 1. The van der Waals surface area contributed by atoms with Crippen LogP contribution in [0.15, 0.2) is 36.9 Å². The van der Waals surface area contributed by atoms with Crippen molar-refractivity contribution in [2.45, 2.75) is 16.9 Å². The summed E-state index contributed by atoms with van der Waals surface area (Å²) < 4.78 is -1.59. The summed E-state index contributed by atoms with van der Waals surface area (Å²) in [5.74, 6) is -0.281. The maximum Gasteiger partial charge on any atom is 0.262 e. The van der Waals surface area contributed by atoms with Crippen LogP contribution < -0.4 is 10.6 Å². The number of carbonyl (C=O) groups excluding carboxylic acids is 1. The third-order valence-electron chi connectivity index (χ3n) is 2.49. The summed E-state index contributed by atoms with van der Waals surface area (Å²) >= 11 is 17.5. The van der Waals surface area contributed by atoms with Crippen LogP contribution in [-0.4, -0.2) is 22.4 Å². The summed E-state index contributed by atoms with van der Waals surface area (Å²) in [6.07, 6.45) is 0.992. The Morgan fingerprint density at radius 1 is 1.42 bits per heavy atom. The van der Waals surface area contributed by atoms with E-state index in [-0.39, 0.29) is 5.91 Å². The van der Waals surface area contributed by atoms with E-state index in [0.717, 1.165) is 5.56 Å². The van der Waals surface area contributed by atoms with Gasteiger partial charge in [-0.1, -0.05) is 59.1 Å². The lowest BCUT2D eigenvalue weighted by molar-refractivity contribution is -0.683. The van der Waals surface area contributed by atoms with Gasteiger partial charge >= 0.3 is 0 Å². The first-order valence-electron chi connectivity index (χ1n) is 5.73. The minimum Gasteiger partial charge on any atom is -0.320 e. The van der Waals surface area contributed by atoms with E-state index >= 15 is 0 Å². The highest BCUT2D eigenvalue weighted by molar-refractivity contribution is 6.68. The van der Waals surface area contributed by atoms with Crippen molar-refractivity contribution < 1.29 is 10.1 Å². The quantitative estimate of drug-likeness (QED) is 0.487. The highest BCUT2D eigenvalue weighted by atomic mass is 35.6. The van der Waals surface area contributed by atoms with Crippen LogP contribution in [0.5, 0.6) is 0 Å². The van der Waals surface area contributed by atoms with Crippen LogP contribution >= 0.6 is 34.8 Å². The van der Waals surface area contributed by atoms with E-state index in [4.69, 9.17) is 34.8 Å². The number of halogens is 3. The van der Waals surface area contributed by atoms with Crippen molar-refractivity contribution in [1.82, 2.24) is 5.32 Å². The summed E-state index contributed by atoms with van der Waals surface area (Å²) in [4.78, 5) is 12.0. The van der Waals surface area contributed by atoms with Gasteiger partial charge in [0.25, 0.3) is 9.70 Å². The Morgan fingerprint density at radius 3 is 2.47 bits per heavy atom. The first-order valence-corrected chi connectivity index (χ1v) is 6.86. The molecular weight excluding hydrogens is 307 g/mol. The van der Waals surface area contributed by atoms with Crippen molar-refractivity contribution in [1.29, 1.82) is 0 Å². The molecule has 3 N–H and O–H groups in total. The Balaban J connectivity index is 2.75. The van der Waals surface area contributed by atoms with E-state index in [9.17, 15) is 4.79 Å². The summed E-state index contributed by atoms with van der Waals surface area (Å²) in [6, 6.07) is 7.17. The Kier molecular flexibility index (Phi) is 6.14. The van der Waals surface area contributed by atoms with Gasteiger partial charge in [0.1, 0.15) is 0 Å². The Bertz CT molecular complexity index is 440. The molecule has 1 rings (SSSR count). The van der Waals surface area contributed by atoms with E-state index < -0.39 is 9.96 Å². The summed E-state index contributed by atoms with van der Waals surface area (Å²) in [7, 11) is 0. The molecule has 0 saturated carbocycles. The number of rotatable bonds is 5. The molecule has 6 heteroatoms. The molecule has 1 amide bonds. The Labute approximate surface area is 127 Å². The second-order valence-electron chi connectivity index (χ2n) is 4.12. The van der Waals surface area contributed by atoms with Crippen LogP contribution in [0, 0.1) is 6.92 Å². The molecule has 0 heterocycles. The zero-order chi connectivity index (χ0) is 14.5. The molecule has 1 aromatic rings. The lowest BCUT2D eigenvalue weighted by Gasteiger charge is -2.22. The van der Waals surface area contributed by atoms with E-state index in [1.165, 1.54) is 0 Å². The normalized spacial score (nSPS) is 12.8. The number of carbonyl (C=O) groups is 1. The van der Waals surface area contributed by atoms with Crippen molar-refractivity contribution in [2.75, 3.05) is 6.54 Å². The Morgan fingerprint density at radius 2 is 2.00 bits per heavy atom. The number of amides is 1. The lowest BCUT2D eigenvalue weighted by Crippen LogP contribution is -2.96. The van der Waals surface area contributed by atoms with E-state index in [2.05, 4.69) is 11.9 Å². The number of hydrogen-bond donors (Lipinski definition) is 2. The second-order valence-corrected chi connectivity index (χ2v) is 6.49. The van der Waals surface area contributed by atoms with Gasteiger partial charge in [0.15, 0.2) is 0 Å². The van der Waals surface area contributed by atoms with Crippen LogP contribution in [0.4, 0.5) is 0 Å². The number of alkyl halides is 3. The predicted octanol–water partition coefficient (Wildman–Crippen LogP) is 2.17. The average Bonchev–Trinajstić information content (AvgIpc) is 2.33. The molecule has 0 saturated heterocycles. The van der Waals surface area contributed by atoms with E-state index in [0.29, 0.717) is 12.1 Å². The molecule has 1 atom stereocenters. The molecule has 104 valence electrons. The highest BCUT2D eigenvalue weighted by Crippen LogP contribution is 2.27. The van der Waals surface area contributed by atoms with Crippen molar-refractivity contribution in [2.24, 2.45) is 0 Å². The van der Waals surface area contributed by atoms with Crippen molar-refractivity contribution in [3.05, 3.63) is 48.0 Å². The largest absolute Gasteiger partial charge is 0.320 e. The summed E-state index contributed by atoms with van der Waals surface area (Å²) in [5.41, 5.74) is 1.60. The number of nitrogens with one attached hydrogen (secondary N) is 1. The average molecular weight is 323 g/mol. The monoisotopic (exact) mass is 321 g/mol. The molecule has 0 aliphatic rings. The molecule has 1 aromatic carbocycles. The van der Waals surface area contributed by atoms with Gasteiger partial charge in [0.05, 0.1) is 6.54 Å². The van der Waals surface area contributed by atoms with Gasteiger partial charge in [-0.15, -0.1) is 0 Å². The fourth-order valence-corrected chi connectivity index (χ4v) is 1.87. The third-order valence-corrected chi connectivity index (χ3v) is 3.20. The fourth-order valence-electron chi connectivity index (χ4n) is 1.44. The molecule has 3 nitrogen and oxygen atoms in total. The number of quaternary nitrogens is 1. The van der Waals surface area contributed by atoms with Crippen LogP contribution in [-0.2, 0) is 0 Å². The van der Waals surface area contributed by atoms with Gasteiger partial charge in [-0.05, 0) is 25.1 Å². The smallest absolute Gasteiger partial charge is 0.262 e. The van der Waals surface area contributed by atoms with E-state index in [1.807, 2.05) is 19.1 Å². The van der Waals surface area contributed by atoms with Crippen molar-refractivity contribution in [3.63, 3.8) is 0 Å². The number of aryl methyl sites for hydroxylation is 1. The van der Waals surface area contributed by atoms with Gasteiger partial charge in [-0.3, -0.25) is 10.1 Å². The third kappa shape index (κ3) is 5.41. The molecule has 0 aromatic heterocycles. The molecule has 0 aliphatic carbocycles. The van der Waals surface area contributed by atoms with Crippen molar-refractivity contribution >= 4 is 40.7 Å². The maximum absolute atomic E-state index is 12.0. The van der Waals surface area contributed by atoms with Gasteiger partial charge in [0.2, 0.25) is 6.17 Å². The van der Waals surface area contributed by atoms with Crippen LogP contribution in [0.3, 0.4) is 0 Å². The second kappa shape index (κ2) is 7.15. The van der Waals surface area contributed by atoms with Gasteiger partial charge < -0.3 is 5.32 Å². The molecule has 0 spiro atoms. The fraction of sp³-hybridized carbons (Fsp3) is 0.308. The zero-order valence-corrected chi connectivity index (χ0v) is 12.8. The molecule has 0 unspecified atom stereocenters. The van der Waals surface area contributed by atoms with Crippen LogP contribution in [0.2, 0.25) is 0 Å². The lowest BCUT2D eigenvalue weighted by atomic mass is 10.1. The maximum atomic E-state index is 12.0. The van der Waals surface area contributed by atoms with Crippen molar-refractivity contribution in [3.8, 4) is 0 Å². The number of nitrogens with two attached hydrogens (primary N) is 1. The molecule has 19 heavy (non-hydrogen) atoms. The van der Waals surface area contributed by atoms with Crippen LogP contribution in [0.25, 0.3) is 0 Å². The summed E-state index contributed by atoms with van der Waals surface area (Å²) in [6.45, 7) is 6.07. The minimum absolute atomic E-state index is 0.281. The van der Waals surface area contributed by atoms with Crippen LogP contribution in [0.1, 0.15) is 15.9 Å². The van der Waals surface area contributed by atoms with Gasteiger partial charge in [-0.2, -0.15) is 0 Å². The highest BCUT2D eigenvalue weighted by Gasteiger charge is 2.37. The molecule has 0 aliphatic heterocycles. The standard InChI is InChI=1S/C13H15Cl3N2O/c1-3-8-17-12(13(14,15)16)18-11(19)10-6-4-9(2)5-7-10/h3-7,12,17H,1,8H2,2H3,(H,18,19)/p+1/t12-/m0/s1. The Hall–Kier alpha value is -0.740. The topological polar surface area (TPSA) is 45.7 Å². The minimum atomic E-state index is -1.59. The molecule has 0 fully saturated rings. The van der Waals surface area contributed by atoms with Gasteiger partial charge in [0, 0.05) is 5.56 Å². The predicted molar refractivity (Wildman–Crippen MR) is 79.7 cm³/mol. The molecule has 0 bridgehead atoms. The zero-order valence-electron chi connectivity index (χ0n) is 10.5. The first-order chi connectivity index (χ1) is 8.84. The summed E-state index contributed by atoms with van der Waals surface area (Å²) in [5, 5.41) is 4.39. The molecular formula is C13H16Cl3N2O+. The first kappa shape index (κ1) is 16.3. The molecule has 0 radical (unpaired) electrons. The SMILES string of the molecule is C=CC[NH2+][C@@H](NC(=O)c1ccc(C)cc1)C(Cl)(Cl)Cl. The van der Waals surface area contributed by atoms with Gasteiger partial charge in [-0.25, -0.2) is 0 Å². The van der Waals surface area contributed by atoms with E-state index in [1.54, 1.807) is 23.5 Å². The number of benzene rings is 1.